The first-order valence-corrected chi connectivity index (χ1v) is 6.91. The predicted molar refractivity (Wildman–Crippen MR) is 78.6 cm³/mol. The number of benzene rings is 1. The van der Waals surface area contributed by atoms with Crippen LogP contribution in [0.4, 0.5) is 5.69 Å². The number of nitrogens with two attached hydrogens (primary N) is 1. The van der Waals surface area contributed by atoms with Gasteiger partial charge in [-0.05, 0) is 31.5 Å². The van der Waals surface area contributed by atoms with Gasteiger partial charge in [0.1, 0.15) is 0 Å². The van der Waals surface area contributed by atoms with E-state index in [2.05, 4.69) is 17.2 Å². The topological polar surface area (TPSA) is 80.1 Å². The Morgan fingerprint density at radius 1 is 1.55 bits per heavy atom. The summed E-state index contributed by atoms with van der Waals surface area (Å²) < 4.78 is 5.50. The highest BCUT2D eigenvalue weighted by Gasteiger charge is 2.24. The highest BCUT2D eigenvalue weighted by atomic mass is 16.5. The third-order valence-electron chi connectivity index (χ3n) is 4.01. The number of carbonyl (C=O) groups excluding carboxylic acids is 1. The maximum atomic E-state index is 12.3. The van der Waals surface area contributed by atoms with Gasteiger partial charge in [0.05, 0.1) is 11.7 Å². The van der Waals surface area contributed by atoms with Crippen LogP contribution in [0.15, 0.2) is 24.4 Å². The molecule has 106 valence electrons. The maximum absolute atomic E-state index is 12.3. The first-order chi connectivity index (χ1) is 9.65. The molecular formula is C15H19N3O2. The van der Waals surface area contributed by atoms with E-state index in [-0.39, 0.29) is 12.0 Å². The number of fused-ring (bicyclic) bond motifs is 1. The van der Waals surface area contributed by atoms with E-state index in [0.29, 0.717) is 23.7 Å². The average molecular weight is 273 g/mol. The van der Waals surface area contributed by atoms with Gasteiger partial charge in [0.25, 0.3) is 5.91 Å². The summed E-state index contributed by atoms with van der Waals surface area (Å²) in [5, 5.41) is 3.89. The summed E-state index contributed by atoms with van der Waals surface area (Å²) in [5.74, 6) is 0.347. The maximum Gasteiger partial charge on any atom is 0.253 e. The van der Waals surface area contributed by atoms with E-state index in [1.165, 1.54) is 0 Å². The van der Waals surface area contributed by atoms with Gasteiger partial charge >= 0.3 is 0 Å². The lowest BCUT2D eigenvalue weighted by Gasteiger charge is -2.14. The standard InChI is InChI=1S/C15H19N3O2/c1-9-10(4-5-20-9)7-18-15(19)13-8-17-14-6-11(16)2-3-12(13)14/h2-3,6,8-10,17H,4-5,7,16H2,1H3,(H,18,19). The van der Waals surface area contributed by atoms with Crippen LogP contribution in [-0.4, -0.2) is 30.1 Å². The highest BCUT2D eigenvalue weighted by molar-refractivity contribution is 6.07. The molecular weight excluding hydrogens is 254 g/mol. The molecule has 4 N–H and O–H groups in total. The molecule has 0 aliphatic carbocycles. The van der Waals surface area contributed by atoms with Crippen molar-refractivity contribution in [3.63, 3.8) is 0 Å². The number of ether oxygens (including phenoxy) is 1. The average Bonchev–Trinajstić information content (AvgIpc) is 3.02. The lowest BCUT2D eigenvalue weighted by atomic mass is 10.0. The molecule has 1 fully saturated rings. The third-order valence-corrected chi connectivity index (χ3v) is 4.01. The van der Waals surface area contributed by atoms with Crippen LogP contribution >= 0.6 is 0 Å². The molecule has 2 aromatic rings. The Kier molecular flexibility index (Phi) is 3.36. The zero-order valence-electron chi connectivity index (χ0n) is 11.5. The van der Waals surface area contributed by atoms with Crippen LogP contribution in [0.5, 0.6) is 0 Å². The molecule has 1 amide bonds. The molecule has 2 unspecified atom stereocenters. The summed E-state index contributed by atoms with van der Waals surface area (Å²) in [6.45, 7) is 3.49. The SMILES string of the molecule is CC1OCCC1CNC(=O)c1c[nH]c2cc(N)ccc12. The summed E-state index contributed by atoms with van der Waals surface area (Å²) in [6, 6.07) is 5.51. The van der Waals surface area contributed by atoms with E-state index in [0.717, 1.165) is 23.9 Å². The minimum absolute atomic E-state index is 0.0554. The molecule has 0 saturated carbocycles. The lowest BCUT2D eigenvalue weighted by Crippen LogP contribution is -2.31. The number of rotatable bonds is 3. The molecule has 1 aliphatic heterocycles. The highest BCUT2D eigenvalue weighted by Crippen LogP contribution is 2.22. The summed E-state index contributed by atoms with van der Waals surface area (Å²) >= 11 is 0. The molecule has 0 radical (unpaired) electrons. The van der Waals surface area contributed by atoms with E-state index >= 15 is 0 Å². The number of amides is 1. The number of nitrogens with one attached hydrogen (secondary N) is 2. The molecule has 3 rings (SSSR count). The van der Waals surface area contributed by atoms with Gasteiger partial charge in [-0.3, -0.25) is 4.79 Å². The van der Waals surface area contributed by atoms with Crippen LogP contribution in [0, 0.1) is 5.92 Å². The zero-order chi connectivity index (χ0) is 14.1. The van der Waals surface area contributed by atoms with E-state index in [4.69, 9.17) is 10.5 Å². The van der Waals surface area contributed by atoms with E-state index < -0.39 is 0 Å². The number of nitrogen functional groups attached to an aromatic ring is 1. The molecule has 5 heteroatoms. The minimum Gasteiger partial charge on any atom is -0.399 e. The second kappa shape index (κ2) is 5.17. The molecule has 0 bridgehead atoms. The van der Waals surface area contributed by atoms with Crippen molar-refractivity contribution in [1.29, 1.82) is 0 Å². The van der Waals surface area contributed by atoms with Crippen LogP contribution in [0.1, 0.15) is 23.7 Å². The van der Waals surface area contributed by atoms with Gasteiger partial charge in [0.2, 0.25) is 0 Å². The smallest absolute Gasteiger partial charge is 0.253 e. The second-order valence-electron chi connectivity index (χ2n) is 5.34. The van der Waals surface area contributed by atoms with Gasteiger partial charge in [-0.25, -0.2) is 0 Å². The van der Waals surface area contributed by atoms with Gasteiger partial charge in [0, 0.05) is 41.9 Å². The fourth-order valence-corrected chi connectivity index (χ4v) is 2.69. The van der Waals surface area contributed by atoms with Gasteiger partial charge < -0.3 is 20.8 Å². The fraction of sp³-hybridized carbons (Fsp3) is 0.400. The van der Waals surface area contributed by atoms with Gasteiger partial charge in [-0.15, -0.1) is 0 Å². The Balaban J connectivity index is 1.72. The van der Waals surface area contributed by atoms with E-state index in [1.807, 2.05) is 12.1 Å². The molecule has 2 atom stereocenters. The summed E-state index contributed by atoms with van der Waals surface area (Å²) in [7, 11) is 0. The fourth-order valence-electron chi connectivity index (χ4n) is 2.69. The molecule has 2 heterocycles. The Morgan fingerprint density at radius 2 is 2.40 bits per heavy atom. The van der Waals surface area contributed by atoms with Crippen molar-refractivity contribution < 1.29 is 9.53 Å². The van der Waals surface area contributed by atoms with E-state index in [1.54, 1.807) is 12.3 Å². The van der Waals surface area contributed by atoms with Gasteiger partial charge in [-0.1, -0.05) is 0 Å². The molecule has 1 aliphatic rings. The quantitative estimate of drug-likeness (QED) is 0.747. The zero-order valence-corrected chi connectivity index (χ0v) is 11.5. The largest absolute Gasteiger partial charge is 0.399 e. The van der Waals surface area contributed by atoms with Crippen molar-refractivity contribution in [2.24, 2.45) is 5.92 Å². The molecule has 5 nitrogen and oxygen atoms in total. The number of anilines is 1. The third kappa shape index (κ3) is 2.36. The number of aromatic nitrogens is 1. The summed E-state index contributed by atoms with van der Waals surface area (Å²) in [4.78, 5) is 15.3. The van der Waals surface area contributed by atoms with Crippen molar-refractivity contribution in [2.45, 2.75) is 19.4 Å². The van der Waals surface area contributed by atoms with Crippen LogP contribution in [0.25, 0.3) is 10.9 Å². The van der Waals surface area contributed by atoms with Crippen molar-refractivity contribution in [2.75, 3.05) is 18.9 Å². The van der Waals surface area contributed by atoms with Gasteiger partial charge in [0.15, 0.2) is 0 Å². The Bertz CT molecular complexity index is 635. The second-order valence-corrected chi connectivity index (χ2v) is 5.34. The Labute approximate surface area is 117 Å². The summed E-state index contributed by atoms with van der Waals surface area (Å²) in [5.41, 5.74) is 7.96. The molecule has 1 aromatic carbocycles. The van der Waals surface area contributed by atoms with E-state index in [9.17, 15) is 4.79 Å². The normalized spacial score (nSPS) is 22.2. The molecule has 1 aromatic heterocycles. The van der Waals surface area contributed by atoms with Crippen LogP contribution in [0.3, 0.4) is 0 Å². The number of hydrogen-bond donors (Lipinski definition) is 3. The number of aromatic amines is 1. The van der Waals surface area contributed by atoms with Crippen molar-refractivity contribution in [3.8, 4) is 0 Å². The first-order valence-electron chi connectivity index (χ1n) is 6.91. The Morgan fingerprint density at radius 3 is 3.15 bits per heavy atom. The van der Waals surface area contributed by atoms with Crippen LogP contribution in [-0.2, 0) is 4.74 Å². The number of H-pyrrole nitrogens is 1. The van der Waals surface area contributed by atoms with Crippen molar-refractivity contribution in [1.82, 2.24) is 10.3 Å². The lowest BCUT2D eigenvalue weighted by molar-refractivity contribution is 0.0909. The molecule has 0 spiro atoms. The van der Waals surface area contributed by atoms with Crippen LogP contribution in [0.2, 0.25) is 0 Å². The number of carbonyl (C=O) groups is 1. The first kappa shape index (κ1) is 13.0. The molecule has 20 heavy (non-hydrogen) atoms. The number of hydrogen-bond acceptors (Lipinski definition) is 3. The minimum atomic E-state index is -0.0554. The Hall–Kier alpha value is -2.01. The molecule has 1 saturated heterocycles. The summed E-state index contributed by atoms with van der Waals surface area (Å²) in [6.07, 6.45) is 2.96. The van der Waals surface area contributed by atoms with Crippen LogP contribution < -0.4 is 11.1 Å². The predicted octanol–water partition coefficient (Wildman–Crippen LogP) is 1.90. The van der Waals surface area contributed by atoms with Crippen molar-refractivity contribution in [3.05, 3.63) is 30.0 Å². The van der Waals surface area contributed by atoms with Crippen molar-refractivity contribution >= 4 is 22.5 Å². The van der Waals surface area contributed by atoms with Gasteiger partial charge in [-0.2, -0.15) is 0 Å². The monoisotopic (exact) mass is 273 g/mol.